The lowest BCUT2D eigenvalue weighted by molar-refractivity contribution is -0.271. The van der Waals surface area contributed by atoms with Crippen LogP contribution in [0.25, 0.3) is 0 Å². The number of aliphatic hydroxyl groups is 3. The number of benzene rings is 2. The van der Waals surface area contributed by atoms with E-state index in [9.17, 15) is 49.5 Å². The summed E-state index contributed by atoms with van der Waals surface area (Å²) < 4.78 is 21.9. The Kier molecular flexibility index (Phi) is 16.8. The first-order valence-electron chi connectivity index (χ1n) is 18.9. The number of amides is 3. The van der Waals surface area contributed by atoms with E-state index < -0.39 is 72.0 Å². The fourth-order valence-corrected chi connectivity index (χ4v) is 6.17. The maximum Gasteiger partial charge on any atom is 0.411 e. The molecule has 1 saturated heterocycles. The second-order valence-electron chi connectivity index (χ2n) is 14.8. The molecule has 4 rings (SSSR count). The normalized spacial score (nSPS) is 22.4. The first-order valence-corrected chi connectivity index (χ1v) is 18.9. The minimum atomic E-state index is -1.97. The van der Waals surface area contributed by atoms with Gasteiger partial charge in [0, 0.05) is 31.2 Å². The van der Waals surface area contributed by atoms with E-state index in [4.69, 9.17) is 24.7 Å². The van der Waals surface area contributed by atoms with Crippen molar-refractivity contribution >= 4 is 35.5 Å². The number of nitrogens with two attached hydrogens (primary N) is 1. The van der Waals surface area contributed by atoms with Crippen molar-refractivity contribution < 1.29 is 68.5 Å². The van der Waals surface area contributed by atoms with Crippen LogP contribution in [0.4, 0.5) is 10.5 Å². The molecule has 0 spiro atoms. The van der Waals surface area contributed by atoms with Crippen molar-refractivity contribution in [2.75, 3.05) is 25.0 Å². The molecule has 1 heterocycles. The minimum absolute atomic E-state index is 0.0228. The average Bonchev–Trinajstić information content (AvgIpc) is 3.16. The fourth-order valence-electron chi connectivity index (χ4n) is 6.17. The highest BCUT2D eigenvalue weighted by Crippen LogP contribution is 2.28. The van der Waals surface area contributed by atoms with Crippen LogP contribution in [0.15, 0.2) is 42.5 Å². The van der Waals surface area contributed by atoms with Crippen LogP contribution in [0, 0.1) is 17.3 Å². The van der Waals surface area contributed by atoms with Crippen LogP contribution >= 0.6 is 0 Å². The zero-order valence-corrected chi connectivity index (χ0v) is 32.3. The predicted octanol–water partition coefficient (Wildman–Crippen LogP) is 1.28. The standard InChI is InChI=1S/C40H52N4O14/c1-40(2,38(52)53)20-25(41)18-23-10-13-26(14-11-23)44-39(54)56-21-24-12-15-29(57-37-33(48)31(46)32(47)34(58-37)36(50)51)28(19-24)35(49)43-17-16-42-30(45)22-55-27-8-6-4-3-5-7-9-27/h10-15,19,25,27,31-34,37,46-48H,3-6,8,16-18,20-22,41H2,1-2H3,(H,42,45)(H,43,49)(H,44,54)(H,50,51)(H,52,53)/t25?,27?,31-,32-,33+,34-,37+/m0/s1. The fraction of sp³-hybridized carbons (Fsp3) is 0.525. The molecule has 0 bridgehead atoms. The van der Waals surface area contributed by atoms with Gasteiger partial charge in [0.05, 0.1) is 11.0 Å². The van der Waals surface area contributed by atoms with Gasteiger partial charge in [0.1, 0.15) is 43.4 Å². The molecule has 7 atom stereocenters. The topological polar surface area (TPSA) is 286 Å². The van der Waals surface area contributed by atoms with Gasteiger partial charge < -0.3 is 60.8 Å². The minimum Gasteiger partial charge on any atom is -0.481 e. The number of carbonyl (C=O) groups excluding carboxylic acids is 3. The van der Waals surface area contributed by atoms with Gasteiger partial charge >= 0.3 is 18.0 Å². The van der Waals surface area contributed by atoms with Crippen LogP contribution in [0.5, 0.6) is 5.75 Å². The van der Waals surface area contributed by atoms with E-state index in [0.29, 0.717) is 17.7 Å². The third-order valence-electron chi connectivity index (χ3n) is 9.44. The van der Waals surface area contributed by atoms with Gasteiger partial charge in [-0.3, -0.25) is 19.7 Å². The van der Waals surface area contributed by atoms with E-state index >= 15 is 0 Å². The van der Waals surface area contributed by atoms with Gasteiger partial charge in [0.2, 0.25) is 12.2 Å². The molecule has 2 aromatic carbocycles. The van der Waals surface area contributed by atoms with Gasteiger partial charge in [-0.15, -0.1) is 5.92 Å². The summed E-state index contributed by atoms with van der Waals surface area (Å²) in [5.74, 6) is 2.15. The summed E-state index contributed by atoms with van der Waals surface area (Å²) in [4.78, 5) is 61.6. The Balaban J connectivity index is 1.37. The largest absolute Gasteiger partial charge is 0.481 e. The molecule has 58 heavy (non-hydrogen) atoms. The Labute approximate surface area is 335 Å². The van der Waals surface area contributed by atoms with Crippen LogP contribution < -0.4 is 26.4 Å². The van der Waals surface area contributed by atoms with Gasteiger partial charge in [-0.1, -0.05) is 30.5 Å². The Morgan fingerprint density at radius 3 is 2.34 bits per heavy atom. The van der Waals surface area contributed by atoms with Crippen molar-refractivity contribution in [1.82, 2.24) is 10.6 Å². The molecule has 2 aliphatic rings. The molecule has 2 aromatic rings. The zero-order valence-electron chi connectivity index (χ0n) is 32.3. The summed E-state index contributed by atoms with van der Waals surface area (Å²) in [5.41, 5.74) is 6.59. The summed E-state index contributed by atoms with van der Waals surface area (Å²) in [6, 6.07) is 10.4. The number of ether oxygens (including phenoxy) is 4. The molecule has 1 aliphatic heterocycles. The van der Waals surface area contributed by atoms with Gasteiger partial charge in [-0.05, 0) is 81.3 Å². The van der Waals surface area contributed by atoms with Crippen LogP contribution in [-0.4, -0.2) is 118 Å². The number of aliphatic carboxylic acids is 2. The second-order valence-corrected chi connectivity index (χ2v) is 14.8. The smallest absolute Gasteiger partial charge is 0.411 e. The number of rotatable bonds is 18. The molecule has 0 saturated carbocycles. The molecule has 316 valence electrons. The number of anilines is 1. The van der Waals surface area contributed by atoms with Crippen molar-refractivity contribution in [1.29, 1.82) is 0 Å². The molecule has 1 fully saturated rings. The van der Waals surface area contributed by atoms with Crippen LogP contribution in [0.2, 0.25) is 0 Å². The van der Waals surface area contributed by atoms with E-state index in [1.807, 2.05) is 0 Å². The Bertz CT molecular complexity index is 1810. The van der Waals surface area contributed by atoms with Gasteiger partial charge in [-0.25, -0.2) is 9.59 Å². The number of carboxylic acids is 2. The molecule has 18 heteroatoms. The van der Waals surface area contributed by atoms with Crippen molar-refractivity contribution in [3.8, 4) is 17.6 Å². The SMILES string of the molecule is CC(C)(CC(N)Cc1ccc(NC(=O)OCc2ccc(O[C@@H]3O[C@H](C(=O)O)[C@@H](O)[C@H](O)[C@H]3O)c(C(=O)NCCNC(=O)COC3C#CCCCCC3)c2)cc1)C(=O)O. The number of carboxylic acid groups (broad SMARTS) is 2. The van der Waals surface area contributed by atoms with E-state index in [1.165, 1.54) is 18.2 Å². The summed E-state index contributed by atoms with van der Waals surface area (Å²) in [5, 5.41) is 57.5. The highest BCUT2D eigenvalue weighted by molar-refractivity contribution is 5.97. The monoisotopic (exact) mass is 812 g/mol. The lowest BCUT2D eigenvalue weighted by Gasteiger charge is -2.38. The van der Waals surface area contributed by atoms with Gasteiger partial charge in [0.15, 0.2) is 6.10 Å². The van der Waals surface area contributed by atoms with Crippen molar-refractivity contribution in [3.63, 3.8) is 0 Å². The lowest BCUT2D eigenvalue weighted by Crippen LogP contribution is -2.61. The highest BCUT2D eigenvalue weighted by atomic mass is 16.7. The number of hydrogen-bond acceptors (Lipinski definition) is 13. The summed E-state index contributed by atoms with van der Waals surface area (Å²) in [6.07, 6.45) is -5.51. The number of nitrogens with one attached hydrogen (secondary N) is 3. The average molecular weight is 813 g/mol. The van der Waals surface area contributed by atoms with E-state index in [-0.39, 0.29) is 50.1 Å². The molecular weight excluding hydrogens is 760 g/mol. The Hall–Kier alpha value is -5.29. The Morgan fingerprint density at radius 2 is 1.64 bits per heavy atom. The maximum atomic E-state index is 13.5. The predicted molar refractivity (Wildman–Crippen MR) is 205 cm³/mol. The first-order chi connectivity index (χ1) is 27.5. The summed E-state index contributed by atoms with van der Waals surface area (Å²) in [7, 11) is 0. The van der Waals surface area contributed by atoms with Crippen molar-refractivity contribution in [2.45, 2.75) is 108 Å². The number of aliphatic hydroxyl groups excluding tert-OH is 3. The second kappa shape index (κ2) is 21.5. The number of carbonyl (C=O) groups is 5. The van der Waals surface area contributed by atoms with Gasteiger partial charge in [-0.2, -0.15) is 0 Å². The zero-order chi connectivity index (χ0) is 42.4. The molecule has 3 amide bonds. The summed E-state index contributed by atoms with van der Waals surface area (Å²) >= 11 is 0. The first kappa shape index (κ1) is 45.4. The molecule has 0 aromatic heterocycles. The molecule has 0 radical (unpaired) electrons. The highest BCUT2D eigenvalue weighted by Gasteiger charge is 2.48. The van der Waals surface area contributed by atoms with Crippen molar-refractivity contribution in [3.05, 3.63) is 59.2 Å². The van der Waals surface area contributed by atoms with E-state index in [0.717, 1.165) is 37.7 Å². The van der Waals surface area contributed by atoms with Crippen LogP contribution in [0.3, 0.4) is 0 Å². The molecule has 10 N–H and O–H groups in total. The lowest BCUT2D eigenvalue weighted by atomic mass is 9.84. The quantitative estimate of drug-likeness (QED) is 0.0757. The molecule has 2 unspecified atom stereocenters. The van der Waals surface area contributed by atoms with E-state index in [2.05, 4.69) is 27.8 Å². The summed E-state index contributed by atoms with van der Waals surface area (Å²) in [6.45, 7) is 2.66. The Morgan fingerprint density at radius 1 is 0.931 bits per heavy atom. The molecular formula is C40H52N4O14. The van der Waals surface area contributed by atoms with Crippen molar-refractivity contribution in [2.24, 2.45) is 11.1 Å². The third kappa shape index (κ3) is 13.7. The molecule has 1 aliphatic carbocycles. The van der Waals surface area contributed by atoms with Crippen LogP contribution in [-0.2, 0) is 41.6 Å². The maximum absolute atomic E-state index is 13.5. The molecule has 18 nitrogen and oxygen atoms in total. The van der Waals surface area contributed by atoms with Crippen LogP contribution in [0.1, 0.15) is 73.9 Å². The third-order valence-corrected chi connectivity index (χ3v) is 9.44. The van der Waals surface area contributed by atoms with Gasteiger partial charge in [0.25, 0.3) is 5.91 Å². The van der Waals surface area contributed by atoms with E-state index in [1.54, 1.807) is 38.1 Å². The number of hydrogen-bond donors (Lipinski definition) is 9.